The number of nitrogens with one attached hydrogen (secondary N) is 2. The molecule has 2 N–H and O–H groups in total. The summed E-state index contributed by atoms with van der Waals surface area (Å²) < 4.78 is 5.02. The van der Waals surface area contributed by atoms with Gasteiger partial charge in [0.1, 0.15) is 13.0 Å². The number of rotatable bonds is 7. The number of esters is 1. The van der Waals surface area contributed by atoms with Gasteiger partial charge in [-0.3, -0.25) is 14.4 Å². The van der Waals surface area contributed by atoms with Crippen molar-refractivity contribution in [3.05, 3.63) is 35.9 Å². The van der Waals surface area contributed by atoms with Crippen molar-refractivity contribution in [2.24, 2.45) is 5.41 Å². The molecule has 126 valence electrons. The molecule has 0 fully saturated rings. The van der Waals surface area contributed by atoms with Crippen molar-refractivity contribution in [1.29, 1.82) is 0 Å². The van der Waals surface area contributed by atoms with Crippen LogP contribution in [0.1, 0.15) is 32.8 Å². The molecule has 6 nitrogen and oxygen atoms in total. The van der Waals surface area contributed by atoms with Crippen molar-refractivity contribution < 1.29 is 19.1 Å². The predicted octanol–water partition coefficient (Wildman–Crippen LogP) is 1.40. The first-order valence-corrected chi connectivity index (χ1v) is 7.53. The monoisotopic (exact) mass is 320 g/mol. The van der Waals surface area contributed by atoms with E-state index in [2.05, 4.69) is 10.6 Å². The zero-order chi connectivity index (χ0) is 17.3. The third-order valence-corrected chi connectivity index (χ3v) is 2.96. The molecule has 0 heterocycles. The Kier molecular flexibility index (Phi) is 7.25. The van der Waals surface area contributed by atoms with Crippen LogP contribution in [0.2, 0.25) is 0 Å². The van der Waals surface area contributed by atoms with E-state index < -0.39 is 17.3 Å². The summed E-state index contributed by atoms with van der Waals surface area (Å²) >= 11 is 0. The van der Waals surface area contributed by atoms with Crippen molar-refractivity contribution in [3.8, 4) is 0 Å². The fourth-order valence-electron chi connectivity index (χ4n) is 1.63. The molecule has 1 rings (SSSR count). The average Bonchev–Trinajstić information content (AvgIpc) is 2.49. The van der Waals surface area contributed by atoms with Crippen molar-refractivity contribution in [2.45, 2.75) is 33.8 Å². The molecule has 0 saturated heterocycles. The molecule has 0 spiro atoms. The van der Waals surface area contributed by atoms with Gasteiger partial charge >= 0.3 is 5.97 Å². The van der Waals surface area contributed by atoms with Crippen LogP contribution in [0.4, 0.5) is 0 Å². The van der Waals surface area contributed by atoms with E-state index in [0.717, 1.165) is 5.56 Å². The maximum Gasteiger partial charge on any atom is 0.315 e. The van der Waals surface area contributed by atoms with Crippen LogP contribution < -0.4 is 10.6 Å². The molecule has 1 aromatic rings. The molecule has 2 amide bonds. The van der Waals surface area contributed by atoms with Gasteiger partial charge in [-0.25, -0.2) is 0 Å². The van der Waals surface area contributed by atoms with Crippen LogP contribution in [0.3, 0.4) is 0 Å². The number of amides is 2. The molecule has 1 aromatic carbocycles. The summed E-state index contributed by atoms with van der Waals surface area (Å²) in [5, 5.41) is 5.27. The van der Waals surface area contributed by atoms with Crippen LogP contribution in [-0.4, -0.2) is 30.9 Å². The van der Waals surface area contributed by atoms with Gasteiger partial charge in [0, 0.05) is 18.5 Å². The van der Waals surface area contributed by atoms with Crippen LogP contribution >= 0.6 is 0 Å². The molecule has 0 aliphatic rings. The Labute approximate surface area is 136 Å². The lowest BCUT2D eigenvalue weighted by atomic mass is 9.96. The van der Waals surface area contributed by atoms with E-state index in [0.29, 0.717) is 6.54 Å². The highest BCUT2D eigenvalue weighted by Crippen LogP contribution is 2.11. The minimum Gasteiger partial charge on any atom is -0.460 e. The fourth-order valence-corrected chi connectivity index (χ4v) is 1.63. The van der Waals surface area contributed by atoms with Crippen LogP contribution in [0, 0.1) is 5.41 Å². The smallest absolute Gasteiger partial charge is 0.315 e. The summed E-state index contributed by atoms with van der Waals surface area (Å²) in [6.45, 7) is 6.17. The molecule has 6 heteroatoms. The second-order valence-corrected chi connectivity index (χ2v) is 6.18. The van der Waals surface area contributed by atoms with Crippen molar-refractivity contribution in [3.63, 3.8) is 0 Å². The predicted molar refractivity (Wildman–Crippen MR) is 86.3 cm³/mol. The topological polar surface area (TPSA) is 84.5 Å². The summed E-state index contributed by atoms with van der Waals surface area (Å²) in [6, 6.07) is 9.25. The lowest BCUT2D eigenvalue weighted by molar-refractivity contribution is -0.147. The van der Waals surface area contributed by atoms with Crippen LogP contribution in [-0.2, 0) is 25.7 Å². The molecule has 0 radical (unpaired) electrons. The molecular formula is C17H24N2O4. The van der Waals surface area contributed by atoms with E-state index in [1.165, 1.54) is 0 Å². The molecular weight excluding hydrogens is 296 g/mol. The van der Waals surface area contributed by atoms with Gasteiger partial charge in [0.05, 0.1) is 0 Å². The maximum absolute atomic E-state index is 11.6. The zero-order valence-electron chi connectivity index (χ0n) is 13.8. The number of carbonyl (C=O) groups excluding carboxylic acids is 3. The first kappa shape index (κ1) is 18.7. The highest BCUT2D eigenvalue weighted by molar-refractivity contribution is 5.94. The highest BCUT2D eigenvalue weighted by atomic mass is 16.5. The number of benzene rings is 1. The number of hydrogen-bond donors (Lipinski definition) is 2. The number of hydrogen-bond acceptors (Lipinski definition) is 4. The average molecular weight is 320 g/mol. The molecule has 0 aliphatic heterocycles. The summed E-state index contributed by atoms with van der Waals surface area (Å²) in [4.78, 5) is 34.7. The van der Waals surface area contributed by atoms with Gasteiger partial charge in [-0.2, -0.15) is 0 Å². The molecule has 0 atom stereocenters. The van der Waals surface area contributed by atoms with Crippen molar-refractivity contribution in [2.75, 3.05) is 13.1 Å². The normalized spacial score (nSPS) is 10.7. The van der Waals surface area contributed by atoms with Gasteiger partial charge < -0.3 is 15.4 Å². The van der Waals surface area contributed by atoms with Crippen molar-refractivity contribution in [1.82, 2.24) is 10.6 Å². The summed E-state index contributed by atoms with van der Waals surface area (Å²) in [6.07, 6.45) is -0.333. The third kappa shape index (κ3) is 7.99. The highest BCUT2D eigenvalue weighted by Gasteiger charge is 2.20. The Morgan fingerprint density at radius 2 is 1.61 bits per heavy atom. The summed E-state index contributed by atoms with van der Waals surface area (Å²) in [5.41, 5.74) is 0.400. The van der Waals surface area contributed by atoms with Gasteiger partial charge in [-0.1, -0.05) is 51.1 Å². The Morgan fingerprint density at radius 3 is 2.22 bits per heavy atom. The molecule has 0 bridgehead atoms. The lowest BCUT2D eigenvalue weighted by Crippen LogP contribution is -2.40. The van der Waals surface area contributed by atoms with Gasteiger partial charge in [0.25, 0.3) is 0 Å². The van der Waals surface area contributed by atoms with E-state index in [-0.39, 0.29) is 25.5 Å². The third-order valence-electron chi connectivity index (χ3n) is 2.96. The van der Waals surface area contributed by atoms with Crippen LogP contribution in [0.15, 0.2) is 30.3 Å². The zero-order valence-corrected chi connectivity index (χ0v) is 13.8. The van der Waals surface area contributed by atoms with Crippen molar-refractivity contribution >= 4 is 17.8 Å². The molecule has 0 aromatic heterocycles. The lowest BCUT2D eigenvalue weighted by Gasteiger charge is -2.17. The standard InChI is InChI=1S/C17H24N2O4/c1-17(2,3)16(22)19-10-9-18-14(20)11-15(21)23-12-13-7-5-4-6-8-13/h4-8H,9-12H2,1-3H3,(H,18,20)(H,19,22). The first-order chi connectivity index (χ1) is 10.8. The summed E-state index contributed by atoms with van der Waals surface area (Å²) in [5.74, 6) is -1.09. The minimum absolute atomic E-state index is 0.0889. The van der Waals surface area contributed by atoms with E-state index in [1.54, 1.807) is 0 Å². The Balaban J connectivity index is 2.16. The SMILES string of the molecule is CC(C)(C)C(=O)NCCNC(=O)CC(=O)OCc1ccccc1. The van der Waals surface area contributed by atoms with E-state index >= 15 is 0 Å². The quantitative estimate of drug-likeness (QED) is 0.452. The first-order valence-electron chi connectivity index (χ1n) is 7.53. The van der Waals surface area contributed by atoms with E-state index in [9.17, 15) is 14.4 Å². The number of ether oxygens (including phenoxy) is 1. The van der Waals surface area contributed by atoms with E-state index in [4.69, 9.17) is 4.74 Å². The second kappa shape index (κ2) is 8.92. The molecule has 0 saturated carbocycles. The Bertz CT molecular complexity index is 535. The van der Waals surface area contributed by atoms with Gasteiger partial charge in [0.2, 0.25) is 11.8 Å². The maximum atomic E-state index is 11.6. The largest absolute Gasteiger partial charge is 0.460 e. The Morgan fingerprint density at radius 1 is 1.00 bits per heavy atom. The molecule has 0 unspecified atom stereocenters. The van der Waals surface area contributed by atoms with Gasteiger partial charge in [-0.05, 0) is 5.56 Å². The van der Waals surface area contributed by atoms with Crippen LogP contribution in [0.5, 0.6) is 0 Å². The summed E-state index contributed by atoms with van der Waals surface area (Å²) in [7, 11) is 0. The molecule has 23 heavy (non-hydrogen) atoms. The Hall–Kier alpha value is -2.37. The van der Waals surface area contributed by atoms with Gasteiger partial charge in [0.15, 0.2) is 0 Å². The number of carbonyl (C=O) groups is 3. The van der Waals surface area contributed by atoms with Gasteiger partial charge in [-0.15, -0.1) is 0 Å². The second-order valence-electron chi connectivity index (χ2n) is 6.18. The fraction of sp³-hybridized carbons (Fsp3) is 0.471. The van der Waals surface area contributed by atoms with Crippen LogP contribution in [0.25, 0.3) is 0 Å². The van der Waals surface area contributed by atoms with E-state index in [1.807, 2.05) is 51.1 Å². The molecule has 0 aliphatic carbocycles. The minimum atomic E-state index is -0.579.